The number of imidazole rings is 1. The summed E-state index contributed by atoms with van der Waals surface area (Å²) in [5.41, 5.74) is 3.48. The van der Waals surface area contributed by atoms with Crippen LogP contribution in [0.15, 0.2) is 42.9 Å². The van der Waals surface area contributed by atoms with Crippen molar-refractivity contribution in [3.63, 3.8) is 0 Å². The van der Waals surface area contributed by atoms with Gasteiger partial charge in [0.25, 0.3) is 0 Å². The van der Waals surface area contributed by atoms with E-state index in [1.54, 1.807) is 0 Å². The summed E-state index contributed by atoms with van der Waals surface area (Å²) in [6.07, 6.45) is 4.84. The molecule has 1 atom stereocenters. The summed E-state index contributed by atoms with van der Waals surface area (Å²) < 4.78 is 4.13. The van der Waals surface area contributed by atoms with Gasteiger partial charge in [0, 0.05) is 25.8 Å². The Morgan fingerprint density at radius 3 is 2.90 bits per heavy atom. The summed E-state index contributed by atoms with van der Waals surface area (Å²) >= 11 is 0. The van der Waals surface area contributed by atoms with Crippen molar-refractivity contribution in [3.8, 4) is 0 Å². The molecule has 110 valence electrons. The summed E-state index contributed by atoms with van der Waals surface area (Å²) in [7, 11) is 1.98. The fourth-order valence-corrected chi connectivity index (χ4v) is 2.67. The molecular weight excluding hydrogens is 262 g/mol. The van der Waals surface area contributed by atoms with E-state index in [4.69, 9.17) is 0 Å². The van der Waals surface area contributed by atoms with Crippen LogP contribution in [0.4, 0.5) is 0 Å². The number of para-hydroxylation sites is 2. The molecule has 5 nitrogen and oxygen atoms in total. The van der Waals surface area contributed by atoms with Crippen LogP contribution in [0.3, 0.4) is 0 Å². The molecule has 0 aliphatic carbocycles. The molecule has 2 heterocycles. The van der Waals surface area contributed by atoms with E-state index in [0.717, 1.165) is 25.0 Å². The number of nitrogens with one attached hydrogen (secondary N) is 1. The van der Waals surface area contributed by atoms with E-state index in [9.17, 15) is 0 Å². The van der Waals surface area contributed by atoms with Gasteiger partial charge in [0.2, 0.25) is 0 Å². The number of benzene rings is 1. The first kappa shape index (κ1) is 13.8. The van der Waals surface area contributed by atoms with Gasteiger partial charge in [-0.1, -0.05) is 12.1 Å². The van der Waals surface area contributed by atoms with Gasteiger partial charge in [-0.2, -0.15) is 5.10 Å². The summed E-state index contributed by atoms with van der Waals surface area (Å²) in [6.45, 7) is 4.12. The van der Waals surface area contributed by atoms with Crippen LogP contribution < -0.4 is 5.32 Å². The second-order valence-corrected chi connectivity index (χ2v) is 5.34. The fraction of sp³-hybridized carbons (Fsp3) is 0.375. The average molecular weight is 283 g/mol. The molecule has 1 unspecified atom stereocenters. The van der Waals surface area contributed by atoms with Crippen molar-refractivity contribution in [2.24, 2.45) is 7.05 Å². The van der Waals surface area contributed by atoms with Gasteiger partial charge in [0.15, 0.2) is 0 Å². The minimum atomic E-state index is 0.317. The van der Waals surface area contributed by atoms with Gasteiger partial charge in [0.05, 0.1) is 23.1 Å². The predicted octanol–water partition coefficient (Wildman–Crippen LogP) is 2.51. The number of rotatable bonds is 6. The van der Waals surface area contributed by atoms with E-state index in [-0.39, 0.29) is 0 Å². The Balaban J connectivity index is 1.51. The maximum Gasteiger partial charge on any atom is 0.0958 e. The highest BCUT2D eigenvalue weighted by molar-refractivity contribution is 5.74. The van der Waals surface area contributed by atoms with Crippen LogP contribution in [0.25, 0.3) is 11.0 Å². The lowest BCUT2D eigenvalue weighted by molar-refractivity contribution is 0.504. The highest BCUT2D eigenvalue weighted by Gasteiger charge is 2.08. The van der Waals surface area contributed by atoms with Gasteiger partial charge in [-0.05, 0) is 38.1 Å². The Morgan fingerprint density at radius 2 is 2.10 bits per heavy atom. The molecule has 0 bridgehead atoms. The van der Waals surface area contributed by atoms with E-state index in [2.05, 4.69) is 51.2 Å². The SMILES string of the molecule is CC(NCCCn1cnc2ccccc21)c1ccnn1C. The molecular formula is C16H21N5. The normalized spacial score (nSPS) is 12.9. The van der Waals surface area contributed by atoms with Gasteiger partial charge in [-0.25, -0.2) is 4.98 Å². The van der Waals surface area contributed by atoms with E-state index in [1.165, 1.54) is 11.2 Å². The third-order valence-electron chi connectivity index (χ3n) is 3.86. The Labute approximate surface area is 124 Å². The number of aromatic nitrogens is 4. The molecule has 0 aliphatic heterocycles. The summed E-state index contributed by atoms with van der Waals surface area (Å²) in [4.78, 5) is 4.42. The zero-order chi connectivity index (χ0) is 14.7. The molecule has 0 radical (unpaired) electrons. The van der Waals surface area contributed by atoms with E-state index < -0.39 is 0 Å². The lowest BCUT2D eigenvalue weighted by Crippen LogP contribution is -2.22. The van der Waals surface area contributed by atoms with Gasteiger partial charge < -0.3 is 9.88 Å². The third kappa shape index (κ3) is 2.97. The van der Waals surface area contributed by atoms with Crippen LogP contribution in [0, 0.1) is 0 Å². The fourth-order valence-electron chi connectivity index (χ4n) is 2.67. The molecule has 0 saturated heterocycles. The molecule has 1 N–H and O–H groups in total. The Kier molecular flexibility index (Phi) is 4.01. The van der Waals surface area contributed by atoms with Crippen LogP contribution in [-0.2, 0) is 13.6 Å². The van der Waals surface area contributed by atoms with Crippen molar-refractivity contribution in [2.45, 2.75) is 25.9 Å². The quantitative estimate of drug-likeness (QED) is 0.707. The zero-order valence-corrected chi connectivity index (χ0v) is 12.5. The van der Waals surface area contributed by atoms with Gasteiger partial charge in [0.1, 0.15) is 0 Å². The number of hydrogen-bond acceptors (Lipinski definition) is 3. The molecule has 3 aromatic rings. The van der Waals surface area contributed by atoms with Crippen molar-refractivity contribution in [1.82, 2.24) is 24.6 Å². The van der Waals surface area contributed by atoms with Crippen molar-refractivity contribution in [1.29, 1.82) is 0 Å². The van der Waals surface area contributed by atoms with Crippen LogP contribution >= 0.6 is 0 Å². The minimum Gasteiger partial charge on any atom is -0.331 e. The summed E-state index contributed by atoms with van der Waals surface area (Å²) in [6, 6.07) is 10.6. The first-order chi connectivity index (χ1) is 10.3. The largest absolute Gasteiger partial charge is 0.331 e. The maximum atomic E-state index is 4.42. The second-order valence-electron chi connectivity index (χ2n) is 5.34. The van der Waals surface area contributed by atoms with Gasteiger partial charge >= 0.3 is 0 Å². The van der Waals surface area contributed by atoms with E-state index >= 15 is 0 Å². The van der Waals surface area contributed by atoms with Crippen LogP contribution in [0.2, 0.25) is 0 Å². The number of aryl methyl sites for hydroxylation is 2. The second kappa shape index (κ2) is 6.10. The lowest BCUT2D eigenvalue weighted by Gasteiger charge is -2.14. The lowest BCUT2D eigenvalue weighted by atomic mass is 10.2. The van der Waals surface area contributed by atoms with Crippen molar-refractivity contribution in [2.75, 3.05) is 6.54 Å². The molecule has 3 rings (SSSR count). The highest BCUT2D eigenvalue weighted by Crippen LogP contribution is 2.13. The van der Waals surface area contributed by atoms with Gasteiger partial charge in [-0.15, -0.1) is 0 Å². The molecule has 0 saturated carbocycles. The molecule has 0 amide bonds. The number of nitrogens with zero attached hydrogens (tertiary/aromatic N) is 4. The topological polar surface area (TPSA) is 47.7 Å². The zero-order valence-electron chi connectivity index (χ0n) is 12.5. The number of fused-ring (bicyclic) bond motifs is 1. The highest BCUT2D eigenvalue weighted by atomic mass is 15.3. The molecule has 1 aromatic carbocycles. The third-order valence-corrected chi connectivity index (χ3v) is 3.86. The van der Waals surface area contributed by atoms with Crippen molar-refractivity contribution >= 4 is 11.0 Å². The molecule has 5 heteroatoms. The van der Waals surface area contributed by atoms with Crippen LogP contribution in [0.1, 0.15) is 25.1 Å². The van der Waals surface area contributed by atoms with Crippen LogP contribution in [-0.4, -0.2) is 25.9 Å². The average Bonchev–Trinajstić information content (AvgIpc) is 3.10. The molecule has 0 aliphatic rings. The summed E-state index contributed by atoms with van der Waals surface area (Å²) in [5.74, 6) is 0. The minimum absolute atomic E-state index is 0.317. The van der Waals surface area contributed by atoms with Crippen molar-refractivity contribution < 1.29 is 0 Å². The molecule has 0 spiro atoms. The molecule has 0 fully saturated rings. The van der Waals surface area contributed by atoms with Crippen LogP contribution in [0.5, 0.6) is 0 Å². The molecule has 21 heavy (non-hydrogen) atoms. The monoisotopic (exact) mass is 283 g/mol. The molecule has 2 aromatic heterocycles. The van der Waals surface area contributed by atoms with E-state index in [0.29, 0.717) is 6.04 Å². The first-order valence-electron chi connectivity index (χ1n) is 7.37. The predicted molar refractivity (Wildman–Crippen MR) is 84.0 cm³/mol. The van der Waals surface area contributed by atoms with E-state index in [1.807, 2.05) is 30.3 Å². The Hall–Kier alpha value is -2.14. The first-order valence-corrected chi connectivity index (χ1v) is 7.37. The summed E-state index contributed by atoms with van der Waals surface area (Å²) in [5, 5.41) is 7.75. The Morgan fingerprint density at radius 1 is 1.24 bits per heavy atom. The number of hydrogen-bond donors (Lipinski definition) is 1. The van der Waals surface area contributed by atoms with Crippen molar-refractivity contribution in [3.05, 3.63) is 48.5 Å². The maximum absolute atomic E-state index is 4.42. The standard InChI is InChI=1S/C16H21N5/c1-13(15-8-10-19-20(15)2)17-9-5-11-21-12-18-14-6-3-4-7-16(14)21/h3-4,6-8,10,12-13,17H,5,9,11H2,1-2H3. The van der Waals surface area contributed by atoms with Gasteiger partial charge in [-0.3, -0.25) is 4.68 Å². The smallest absolute Gasteiger partial charge is 0.0958 e. The Bertz CT molecular complexity index is 712.